The highest BCUT2D eigenvalue weighted by Crippen LogP contribution is 2.15. The van der Waals surface area contributed by atoms with Crippen molar-refractivity contribution >= 4 is 5.96 Å². The number of benzene rings is 2. The summed E-state index contributed by atoms with van der Waals surface area (Å²) in [6.45, 7) is 6.29. The summed E-state index contributed by atoms with van der Waals surface area (Å²) in [5.74, 6) is 0.630. The largest absolute Gasteiger partial charge is 0.392 e. The summed E-state index contributed by atoms with van der Waals surface area (Å²) in [7, 11) is 0. The fourth-order valence-corrected chi connectivity index (χ4v) is 3.63. The van der Waals surface area contributed by atoms with E-state index in [9.17, 15) is 9.50 Å². The van der Waals surface area contributed by atoms with Crippen LogP contribution in [0.5, 0.6) is 0 Å². The summed E-state index contributed by atoms with van der Waals surface area (Å²) >= 11 is 0. The Labute approximate surface area is 172 Å². The summed E-state index contributed by atoms with van der Waals surface area (Å²) in [5.41, 5.74) is 3.11. The molecule has 0 aromatic heterocycles. The summed E-state index contributed by atoms with van der Waals surface area (Å²) in [6, 6.07) is 15.0. The zero-order valence-corrected chi connectivity index (χ0v) is 17.1. The van der Waals surface area contributed by atoms with Crippen LogP contribution in [-0.2, 0) is 19.7 Å². The number of nitrogens with one attached hydrogen (secondary N) is 2. The van der Waals surface area contributed by atoms with Crippen molar-refractivity contribution in [2.24, 2.45) is 4.99 Å². The standard InChI is InChI=1S/C23H31FN4O/c1-2-25-23(26-15-19-5-3-4-6-20(19)17-29)27-22-11-13-28(14-12-22)16-18-7-9-21(24)10-8-18/h3-10,22,29H,2,11-17H2,1H3,(H2,25,26,27). The molecule has 0 bridgehead atoms. The minimum absolute atomic E-state index is 0.0299. The molecule has 0 spiro atoms. The molecule has 29 heavy (non-hydrogen) atoms. The van der Waals surface area contributed by atoms with Crippen molar-refractivity contribution in [3.63, 3.8) is 0 Å². The summed E-state index contributed by atoms with van der Waals surface area (Å²) in [5, 5.41) is 16.4. The number of guanidine groups is 1. The molecule has 3 rings (SSSR count). The van der Waals surface area contributed by atoms with Crippen LogP contribution >= 0.6 is 0 Å². The van der Waals surface area contributed by atoms with Crippen molar-refractivity contribution in [1.82, 2.24) is 15.5 Å². The fourth-order valence-electron chi connectivity index (χ4n) is 3.63. The zero-order valence-electron chi connectivity index (χ0n) is 17.1. The molecular formula is C23H31FN4O. The lowest BCUT2D eigenvalue weighted by molar-refractivity contribution is 0.198. The Morgan fingerprint density at radius 2 is 1.79 bits per heavy atom. The molecule has 0 unspecified atom stereocenters. The molecule has 0 aliphatic carbocycles. The normalized spacial score (nSPS) is 16.0. The van der Waals surface area contributed by atoms with Crippen molar-refractivity contribution in [3.05, 3.63) is 71.0 Å². The van der Waals surface area contributed by atoms with Crippen LogP contribution < -0.4 is 10.6 Å². The Morgan fingerprint density at radius 1 is 1.10 bits per heavy atom. The maximum Gasteiger partial charge on any atom is 0.191 e. The van der Waals surface area contributed by atoms with E-state index in [4.69, 9.17) is 4.99 Å². The number of hydrogen-bond acceptors (Lipinski definition) is 3. The van der Waals surface area contributed by atoms with Crippen LogP contribution in [-0.4, -0.2) is 41.6 Å². The highest BCUT2D eigenvalue weighted by atomic mass is 19.1. The quantitative estimate of drug-likeness (QED) is 0.496. The Bertz CT molecular complexity index is 786. The predicted molar refractivity (Wildman–Crippen MR) is 115 cm³/mol. The lowest BCUT2D eigenvalue weighted by atomic mass is 10.0. The molecule has 6 heteroatoms. The number of aliphatic hydroxyl groups is 1. The maximum atomic E-state index is 13.1. The van der Waals surface area contributed by atoms with Crippen LogP contribution in [0.15, 0.2) is 53.5 Å². The van der Waals surface area contributed by atoms with Gasteiger partial charge in [-0.2, -0.15) is 0 Å². The van der Waals surface area contributed by atoms with E-state index >= 15 is 0 Å². The first-order valence-corrected chi connectivity index (χ1v) is 10.4. The lowest BCUT2D eigenvalue weighted by Gasteiger charge is -2.33. The molecule has 2 aromatic rings. The lowest BCUT2D eigenvalue weighted by Crippen LogP contribution is -2.48. The third-order valence-corrected chi connectivity index (χ3v) is 5.29. The van der Waals surface area contributed by atoms with Crippen LogP contribution in [0.3, 0.4) is 0 Å². The summed E-state index contributed by atoms with van der Waals surface area (Å²) in [6.07, 6.45) is 2.08. The summed E-state index contributed by atoms with van der Waals surface area (Å²) < 4.78 is 13.1. The molecule has 1 aliphatic rings. The van der Waals surface area contributed by atoms with Crippen LogP contribution in [0.2, 0.25) is 0 Å². The molecule has 156 valence electrons. The minimum atomic E-state index is -0.187. The average Bonchev–Trinajstić information content (AvgIpc) is 2.75. The van der Waals surface area contributed by atoms with Gasteiger partial charge in [-0.1, -0.05) is 36.4 Å². The molecular weight excluding hydrogens is 367 g/mol. The molecule has 0 radical (unpaired) electrons. The van der Waals surface area contributed by atoms with E-state index in [2.05, 4.69) is 22.5 Å². The van der Waals surface area contributed by atoms with E-state index in [0.29, 0.717) is 12.6 Å². The molecule has 1 aliphatic heterocycles. The van der Waals surface area contributed by atoms with Gasteiger partial charge in [0.25, 0.3) is 0 Å². The SMILES string of the molecule is CCNC(=NCc1ccccc1CO)NC1CCN(Cc2ccc(F)cc2)CC1. The first-order valence-electron chi connectivity index (χ1n) is 10.4. The van der Waals surface area contributed by atoms with Crippen molar-refractivity contribution in [2.75, 3.05) is 19.6 Å². The van der Waals surface area contributed by atoms with Crippen molar-refractivity contribution in [2.45, 2.75) is 45.5 Å². The number of aliphatic hydroxyl groups excluding tert-OH is 1. The molecule has 0 amide bonds. The topological polar surface area (TPSA) is 59.9 Å². The molecule has 1 saturated heterocycles. The average molecular weight is 399 g/mol. The van der Waals surface area contributed by atoms with Gasteiger partial charge < -0.3 is 15.7 Å². The van der Waals surface area contributed by atoms with Gasteiger partial charge in [0.1, 0.15) is 5.82 Å². The van der Waals surface area contributed by atoms with Gasteiger partial charge in [0.2, 0.25) is 0 Å². The van der Waals surface area contributed by atoms with Crippen LogP contribution in [0, 0.1) is 5.82 Å². The summed E-state index contributed by atoms with van der Waals surface area (Å²) in [4.78, 5) is 7.13. The van der Waals surface area contributed by atoms with Gasteiger partial charge in [-0.05, 0) is 48.6 Å². The second kappa shape index (κ2) is 10.9. The second-order valence-electron chi connectivity index (χ2n) is 7.44. The van der Waals surface area contributed by atoms with Crippen molar-refractivity contribution < 1.29 is 9.50 Å². The van der Waals surface area contributed by atoms with E-state index < -0.39 is 0 Å². The van der Waals surface area contributed by atoms with Gasteiger partial charge in [-0.15, -0.1) is 0 Å². The van der Waals surface area contributed by atoms with Crippen LogP contribution in [0.4, 0.5) is 4.39 Å². The number of likely N-dealkylation sites (tertiary alicyclic amines) is 1. The van der Waals surface area contributed by atoms with E-state index in [1.54, 1.807) is 0 Å². The number of aliphatic imine (C=N–C) groups is 1. The maximum absolute atomic E-state index is 13.1. The fraction of sp³-hybridized carbons (Fsp3) is 0.435. The smallest absolute Gasteiger partial charge is 0.191 e. The molecule has 2 aromatic carbocycles. The van der Waals surface area contributed by atoms with Crippen molar-refractivity contribution in [1.29, 1.82) is 0 Å². The first-order chi connectivity index (χ1) is 14.2. The third kappa shape index (κ3) is 6.54. The van der Waals surface area contributed by atoms with E-state index in [1.807, 2.05) is 36.4 Å². The van der Waals surface area contributed by atoms with Crippen molar-refractivity contribution in [3.8, 4) is 0 Å². The van der Waals surface area contributed by atoms with Gasteiger partial charge in [-0.25, -0.2) is 9.38 Å². The molecule has 1 fully saturated rings. The van der Waals surface area contributed by atoms with E-state index in [1.165, 1.54) is 12.1 Å². The zero-order chi connectivity index (χ0) is 20.5. The van der Waals surface area contributed by atoms with Gasteiger partial charge in [0.15, 0.2) is 5.96 Å². The number of nitrogens with zero attached hydrogens (tertiary/aromatic N) is 2. The molecule has 3 N–H and O–H groups in total. The predicted octanol–water partition coefficient (Wildman–Crippen LogP) is 3.04. The highest BCUT2D eigenvalue weighted by molar-refractivity contribution is 5.80. The third-order valence-electron chi connectivity index (χ3n) is 5.29. The van der Waals surface area contributed by atoms with E-state index in [0.717, 1.165) is 61.7 Å². The number of piperidine rings is 1. The minimum Gasteiger partial charge on any atom is -0.392 e. The molecule has 1 heterocycles. The van der Waals surface area contributed by atoms with Gasteiger partial charge >= 0.3 is 0 Å². The molecule has 0 atom stereocenters. The van der Waals surface area contributed by atoms with Crippen LogP contribution in [0.1, 0.15) is 36.5 Å². The number of halogens is 1. The Kier molecular flexibility index (Phi) is 8.02. The Hall–Kier alpha value is -2.44. The monoisotopic (exact) mass is 398 g/mol. The number of rotatable bonds is 7. The van der Waals surface area contributed by atoms with E-state index in [-0.39, 0.29) is 12.4 Å². The van der Waals surface area contributed by atoms with Crippen LogP contribution in [0.25, 0.3) is 0 Å². The highest BCUT2D eigenvalue weighted by Gasteiger charge is 2.20. The second-order valence-corrected chi connectivity index (χ2v) is 7.44. The first kappa shape index (κ1) is 21.3. The van der Waals surface area contributed by atoms with Gasteiger partial charge in [-0.3, -0.25) is 4.90 Å². The molecule has 0 saturated carbocycles. The number of hydrogen-bond donors (Lipinski definition) is 3. The molecule has 5 nitrogen and oxygen atoms in total. The van der Waals surface area contributed by atoms with Gasteiger partial charge in [0.05, 0.1) is 13.2 Å². The van der Waals surface area contributed by atoms with Gasteiger partial charge in [0, 0.05) is 32.2 Å². The Balaban J connectivity index is 1.51. The Morgan fingerprint density at radius 3 is 2.45 bits per heavy atom.